The number of nitrogens with zero attached hydrogens (tertiary/aromatic N) is 3. The van der Waals surface area contributed by atoms with Crippen LogP contribution < -0.4 is 5.56 Å². The summed E-state index contributed by atoms with van der Waals surface area (Å²) in [4.78, 5) is 31.8. The SMILES string of the molecule is C.CC(C)C1CCC(N2[C@@H]3CC[C@H]2CC(n2c(=O)c(C(=O)O)nc4ccccc42)C3)CC1.Cl. The van der Waals surface area contributed by atoms with Gasteiger partial charge in [-0.25, -0.2) is 9.78 Å². The van der Waals surface area contributed by atoms with E-state index in [1.807, 2.05) is 18.2 Å². The van der Waals surface area contributed by atoms with Gasteiger partial charge in [-0.05, 0) is 75.3 Å². The molecule has 0 spiro atoms. The van der Waals surface area contributed by atoms with Gasteiger partial charge in [-0.15, -0.1) is 12.4 Å². The Bertz CT molecular complexity index is 1030. The molecular formula is C26H38ClN3O3. The molecule has 33 heavy (non-hydrogen) atoms. The van der Waals surface area contributed by atoms with Crippen molar-refractivity contribution in [2.45, 2.75) is 96.8 Å². The summed E-state index contributed by atoms with van der Waals surface area (Å²) in [5.41, 5.74) is 0.524. The van der Waals surface area contributed by atoms with Crippen molar-refractivity contribution in [2.75, 3.05) is 0 Å². The van der Waals surface area contributed by atoms with Crippen molar-refractivity contribution in [3.63, 3.8) is 0 Å². The number of piperidine rings is 1. The number of rotatable bonds is 4. The summed E-state index contributed by atoms with van der Waals surface area (Å²) in [7, 11) is 0. The summed E-state index contributed by atoms with van der Waals surface area (Å²) < 4.78 is 1.75. The van der Waals surface area contributed by atoms with E-state index in [1.54, 1.807) is 10.6 Å². The van der Waals surface area contributed by atoms with Crippen molar-refractivity contribution in [1.29, 1.82) is 0 Å². The average molecular weight is 476 g/mol. The van der Waals surface area contributed by atoms with E-state index in [0.717, 1.165) is 30.2 Å². The Kier molecular flexibility index (Phi) is 7.90. The molecular weight excluding hydrogens is 438 g/mol. The maximum Gasteiger partial charge on any atom is 0.360 e. The Morgan fingerprint density at radius 2 is 1.55 bits per heavy atom. The fourth-order valence-electron chi connectivity index (χ4n) is 6.71. The van der Waals surface area contributed by atoms with Crippen LogP contribution in [0.1, 0.15) is 89.2 Å². The molecule has 3 atom stereocenters. The molecule has 3 fully saturated rings. The fraction of sp³-hybridized carbons (Fsp3) is 0.654. The smallest absolute Gasteiger partial charge is 0.360 e. The Morgan fingerprint density at radius 1 is 0.970 bits per heavy atom. The van der Waals surface area contributed by atoms with Gasteiger partial charge in [0.05, 0.1) is 11.0 Å². The molecule has 2 aromatic rings. The third-order valence-electron chi connectivity index (χ3n) is 8.23. The molecule has 7 heteroatoms. The van der Waals surface area contributed by atoms with E-state index < -0.39 is 11.5 Å². The van der Waals surface area contributed by atoms with Gasteiger partial charge in [-0.3, -0.25) is 9.69 Å². The number of benzene rings is 1. The predicted molar refractivity (Wildman–Crippen MR) is 134 cm³/mol. The minimum atomic E-state index is -1.24. The van der Waals surface area contributed by atoms with E-state index in [1.165, 1.54) is 38.5 Å². The molecule has 1 unspecified atom stereocenters. The minimum absolute atomic E-state index is 0. The second-order valence-corrected chi connectivity index (χ2v) is 10.2. The van der Waals surface area contributed by atoms with Crippen LogP contribution >= 0.6 is 12.4 Å². The number of hydrogen-bond donors (Lipinski definition) is 1. The number of aromatic carboxylic acids is 1. The summed E-state index contributed by atoms with van der Waals surface area (Å²) in [6.45, 7) is 4.70. The maximum atomic E-state index is 13.1. The van der Waals surface area contributed by atoms with Crippen LogP contribution in [0.3, 0.4) is 0 Å². The Morgan fingerprint density at radius 3 is 2.12 bits per heavy atom. The molecule has 182 valence electrons. The standard InChI is InChI=1S/C25H33N3O3.CH4.ClH/c1-15(2)16-7-9-17(10-8-16)27-18-11-12-19(27)14-20(13-18)28-22-6-4-3-5-21(22)26-23(24(28)29)25(30)31;;/h3-6,15-20H,7-14H2,1-2H3,(H,30,31);1H4;1H/t16?,17?,18-,19+,20?;;. The van der Waals surface area contributed by atoms with Crippen LogP contribution in [-0.2, 0) is 0 Å². The second kappa shape index (κ2) is 10.1. The normalized spacial score (nSPS) is 29.5. The number of carbonyl (C=O) groups is 1. The van der Waals surface area contributed by atoms with E-state index in [9.17, 15) is 14.7 Å². The zero-order valence-electron chi connectivity index (χ0n) is 18.9. The van der Waals surface area contributed by atoms with Crippen LogP contribution in [0.25, 0.3) is 11.0 Å². The average Bonchev–Trinajstić information content (AvgIpc) is 3.02. The molecule has 3 heterocycles. The molecule has 2 aliphatic heterocycles. The molecule has 0 radical (unpaired) electrons. The van der Waals surface area contributed by atoms with Crippen molar-refractivity contribution in [2.24, 2.45) is 11.8 Å². The van der Waals surface area contributed by atoms with Crippen LogP contribution in [0, 0.1) is 11.8 Å². The number of carboxylic acids is 1. The lowest BCUT2D eigenvalue weighted by Gasteiger charge is -2.46. The molecule has 5 rings (SSSR count). The Balaban J connectivity index is 0.00000153. The molecule has 1 saturated carbocycles. The van der Waals surface area contributed by atoms with Crippen molar-refractivity contribution >= 4 is 29.4 Å². The molecule has 1 aliphatic carbocycles. The Labute approximate surface area is 202 Å². The predicted octanol–water partition coefficient (Wildman–Crippen LogP) is 5.54. The van der Waals surface area contributed by atoms with Gasteiger partial charge in [0.15, 0.2) is 0 Å². The molecule has 2 bridgehead atoms. The number of para-hydroxylation sites is 2. The summed E-state index contributed by atoms with van der Waals surface area (Å²) in [5, 5.41) is 9.55. The van der Waals surface area contributed by atoms with E-state index in [0.29, 0.717) is 23.6 Å². The molecule has 0 amide bonds. The van der Waals surface area contributed by atoms with E-state index in [4.69, 9.17) is 0 Å². The van der Waals surface area contributed by atoms with Crippen LogP contribution in [0.4, 0.5) is 0 Å². The van der Waals surface area contributed by atoms with E-state index >= 15 is 0 Å². The molecule has 1 aromatic heterocycles. The van der Waals surface area contributed by atoms with E-state index in [-0.39, 0.29) is 31.6 Å². The molecule has 2 saturated heterocycles. The second-order valence-electron chi connectivity index (χ2n) is 10.2. The van der Waals surface area contributed by atoms with Crippen LogP contribution in [0.2, 0.25) is 0 Å². The number of fused-ring (bicyclic) bond motifs is 3. The highest BCUT2D eigenvalue weighted by Crippen LogP contribution is 2.45. The highest BCUT2D eigenvalue weighted by atomic mass is 35.5. The van der Waals surface area contributed by atoms with Gasteiger partial charge >= 0.3 is 5.97 Å². The lowest BCUT2D eigenvalue weighted by atomic mass is 9.78. The van der Waals surface area contributed by atoms with Crippen molar-refractivity contribution in [3.05, 3.63) is 40.3 Å². The van der Waals surface area contributed by atoms with Crippen LogP contribution in [-0.4, -0.2) is 43.7 Å². The van der Waals surface area contributed by atoms with Gasteiger partial charge in [0, 0.05) is 24.2 Å². The molecule has 1 aromatic carbocycles. The number of aromatic nitrogens is 2. The molecule has 6 nitrogen and oxygen atoms in total. The van der Waals surface area contributed by atoms with Crippen molar-refractivity contribution < 1.29 is 9.90 Å². The zero-order valence-corrected chi connectivity index (χ0v) is 19.8. The number of halogens is 1. The van der Waals surface area contributed by atoms with Crippen molar-refractivity contribution in [1.82, 2.24) is 14.5 Å². The quantitative estimate of drug-likeness (QED) is 0.628. The van der Waals surface area contributed by atoms with Crippen LogP contribution in [0.15, 0.2) is 29.1 Å². The summed E-state index contributed by atoms with van der Waals surface area (Å²) >= 11 is 0. The number of hydrogen-bond acceptors (Lipinski definition) is 4. The third kappa shape index (κ3) is 4.57. The first-order valence-corrected chi connectivity index (χ1v) is 12.0. The largest absolute Gasteiger partial charge is 0.476 e. The molecule has 3 aliphatic rings. The molecule has 1 N–H and O–H groups in total. The van der Waals surface area contributed by atoms with Gasteiger partial charge in [0.1, 0.15) is 0 Å². The van der Waals surface area contributed by atoms with Gasteiger partial charge in [-0.2, -0.15) is 0 Å². The zero-order chi connectivity index (χ0) is 21.7. The lowest BCUT2D eigenvalue weighted by Crippen LogP contribution is -2.51. The minimum Gasteiger partial charge on any atom is -0.476 e. The van der Waals surface area contributed by atoms with Gasteiger partial charge in [0.2, 0.25) is 5.69 Å². The van der Waals surface area contributed by atoms with Crippen molar-refractivity contribution in [3.8, 4) is 0 Å². The first-order chi connectivity index (χ1) is 14.9. The Hall–Kier alpha value is -1.92. The first kappa shape index (κ1) is 25.7. The monoisotopic (exact) mass is 475 g/mol. The number of carboxylic acid groups (broad SMARTS) is 1. The van der Waals surface area contributed by atoms with Crippen LogP contribution in [0.5, 0.6) is 0 Å². The van der Waals surface area contributed by atoms with Gasteiger partial charge < -0.3 is 9.67 Å². The first-order valence-electron chi connectivity index (χ1n) is 12.0. The maximum absolute atomic E-state index is 13.1. The highest BCUT2D eigenvalue weighted by Gasteiger charge is 2.45. The van der Waals surface area contributed by atoms with E-state index in [2.05, 4.69) is 23.7 Å². The van der Waals surface area contributed by atoms with Gasteiger partial charge in [-0.1, -0.05) is 33.4 Å². The third-order valence-corrected chi connectivity index (χ3v) is 8.23. The summed E-state index contributed by atoms with van der Waals surface area (Å²) in [6, 6.07) is 9.15. The highest BCUT2D eigenvalue weighted by molar-refractivity contribution is 5.88. The van der Waals surface area contributed by atoms with Gasteiger partial charge in [0.25, 0.3) is 5.56 Å². The lowest BCUT2D eigenvalue weighted by molar-refractivity contribution is 0.0331. The topological polar surface area (TPSA) is 75.4 Å². The summed E-state index contributed by atoms with van der Waals surface area (Å²) in [6.07, 6.45) is 9.48. The summed E-state index contributed by atoms with van der Waals surface area (Å²) in [5.74, 6) is 0.396. The fourth-order valence-corrected chi connectivity index (χ4v) is 6.71.